The van der Waals surface area contributed by atoms with Crippen LogP contribution in [0, 0.1) is 0 Å². The molecule has 0 fully saturated rings. The van der Waals surface area contributed by atoms with Crippen LogP contribution in [0.5, 0.6) is 0 Å². The number of amides is 1. The summed E-state index contributed by atoms with van der Waals surface area (Å²) in [5, 5.41) is 13.7. The summed E-state index contributed by atoms with van der Waals surface area (Å²) in [5.41, 5.74) is 1.42. The molecule has 0 spiro atoms. The average Bonchev–Trinajstić information content (AvgIpc) is 2.93. The lowest BCUT2D eigenvalue weighted by atomic mass is 10.2. The lowest BCUT2D eigenvalue weighted by molar-refractivity contribution is 0.0954. The van der Waals surface area contributed by atoms with Crippen LogP contribution >= 0.6 is 0 Å². The molecule has 0 atom stereocenters. The van der Waals surface area contributed by atoms with Gasteiger partial charge in [-0.3, -0.25) is 4.79 Å². The second kappa shape index (κ2) is 5.72. The fourth-order valence-electron chi connectivity index (χ4n) is 1.43. The summed E-state index contributed by atoms with van der Waals surface area (Å²) < 4.78 is 1.53. The molecule has 0 saturated carbocycles. The third-order valence-corrected chi connectivity index (χ3v) is 2.38. The van der Waals surface area contributed by atoms with Crippen molar-refractivity contribution in [2.75, 3.05) is 6.54 Å². The Morgan fingerprint density at radius 2 is 2.17 bits per heavy atom. The molecule has 6 heteroatoms. The van der Waals surface area contributed by atoms with Gasteiger partial charge >= 0.3 is 0 Å². The SMILES string of the molecule is C=CCCNC(=O)c1ccc(-n2cnnn2)cc1. The van der Waals surface area contributed by atoms with Crippen molar-refractivity contribution >= 4 is 5.91 Å². The molecule has 0 aliphatic heterocycles. The van der Waals surface area contributed by atoms with Gasteiger partial charge in [-0.2, -0.15) is 0 Å². The molecule has 0 bridgehead atoms. The summed E-state index contributed by atoms with van der Waals surface area (Å²) in [7, 11) is 0. The van der Waals surface area contributed by atoms with E-state index in [0.717, 1.165) is 12.1 Å². The Balaban J connectivity index is 2.03. The maximum absolute atomic E-state index is 11.7. The van der Waals surface area contributed by atoms with E-state index in [1.165, 1.54) is 11.0 Å². The Morgan fingerprint density at radius 1 is 1.39 bits per heavy atom. The fourth-order valence-corrected chi connectivity index (χ4v) is 1.43. The van der Waals surface area contributed by atoms with Crippen molar-refractivity contribution < 1.29 is 4.79 Å². The topological polar surface area (TPSA) is 72.7 Å². The first-order chi connectivity index (χ1) is 8.81. The summed E-state index contributed by atoms with van der Waals surface area (Å²) in [4.78, 5) is 11.7. The highest BCUT2D eigenvalue weighted by atomic mass is 16.1. The summed E-state index contributed by atoms with van der Waals surface area (Å²) in [6.07, 6.45) is 4.02. The molecule has 0 unspecified atom stereocenters. The second-order valence-corrected chi connectivity index (χ2v) is 3.63. The largest absolute Gasteiger partial charge is 0.352 e. The van der Waals surface area contributed by atoms with Crippen LogP contribution in [-0.2, 0) is 0 Å². The molecular weight excluding hydrogens is 230 g/mol. The normalized spacial score (nSPS) is 10.0. The summed E-state index contributed by atoms with van der Waals surface area (Å²) >= 11 is 0. The Morgan fingerprint density at radius 3 is 2.78 bits per heavy atom. The zero-order valence-corrected chi connectivity index (χ0v) is 9.78. The standard InChI is InChI=1S/C12H13N5O/c1-2-3-8-13-12(18)10-4-6-11(7-5-10)17-9-14-15-16-17/h2,4-7,9H,1,3,8H2,(H,13,18). The quantitative estimate of drug-likeness (QED) is 0.627. The minimum absolute atomic E-state index is 0.0971. The van der Waals surface area contributed by atoms with E-state index >= 15 is 0 Å². The molecular formula is C12H13N5O. The number of benzene rings is 1. The number of nitrogens with zero attached hydrogens (tertiary/aromatic N) is 4. The van der Waals surface area contributed by atoms with Crippen molar-refractivity contribution in [1.29, 1.82) is 0 Å². The van der Waals surface area contributed by atoms with Crippen molar-refractivity contribution in [2.24, 2.45) is 0 Å². The molecule has 1 N–H and O–H groups in total. The second-order valence-electron chi connectivity index (χ2n) is 3.63. The molecule has 0 radical (unpaired) electrons. The van der Waals surface area contributed by atoms with Gasteiger partial charge in [0.25, 0.3) is 5.91 Å². The highest BCUT2D eigenvalue weighted by Gasteiger charge is 2.05. The van der Waals surface area contributed by atoms with Gasteiger partial charge in [-0.25, -0.2) is 4.68 Å². The number of tetrazole rings is 1. The lowest BCUT2D eigenvalue weighted by Crippen LogP contribution is -2.24. The third kappa shape index (κ3) is 2.79. The van der Waals surface area contributed by atoms with Gasteiger partial charge in [-0.05, 0) is 41.1 Å². The van der Waals surface area contributed by atoms with Crippen LogP contribution in [0.15, 0.2) is 43.2 Å². The first-order valence-electron chi connectivity index (χ1n) is 5.54. The van der Waals surface area contributed by atoms with E-state index in [4.69, 9.17) is 0 Å². The summed E-state index contributed by atoms with van der Waals surface area (Å²) in [6, 6.07) is 7.05. The number of hydrogen-bond acceptors (Lipinski definition) is 4. The number of aromatic nitrogens is 4. The van der Waals surface area contributed by atoms with E-state index in [-0.39, 0.29) is 5.91 Å². The van der Waals surface area contributed by atoms with Crippen LogP contribution in [0.1, 0.15) is 16.8 Å². The average molecular weight is 243 g/mol. The minimum atomic E-state index is -0.0971. The van der Waals surface area contributed by atoms with Crippen LogP contribution in [0.25, 0.3) is 5.69 Å². The molecule has 1 aromatic heterocycles. The maximum Gasteiger partial charge on any atom is 0.251 e. The zero-order chi connectivity index (χ0) is 12.8. The van der Waals surface area contributed by atoms with Crippen molar-refractivity contribution in [3.63, 3.8) is 0 Å². The van der Waals surface area contributed by atoms with Gasteiger partial charge < -0.3 is 5.32 Å². The lowest BCUT2D eigenvalue weighted by Gasteiger charge is -2.04. The molecule has 2 aromatic rings. The highest BCUT2D eigenvalue weighted by molar-refractivity contribution is 5.94. The Bertz CT molecular complexity index is 518. The molecule has 0 saturated heterocycles. The first-order valence-corrected chi connectivity index (χ1v) is 5.54. The van der Waals surface area contributed by atoms with Gasteiger partial charge in [0.1, 0.15) is 6.33 Å². The van der Waals surface area contributed by atoms with Crippen molar-refractivity contribution in [1.82, 2.24) is 25.5 Å². The van der Waals surface area contributed by atoms with Crippen LogP contribution < -0.4 is 5.32 Å². The van der Waals surface area contributed by atoms with Gasteiger partial charge in [0.2, 0.25) is 0 Å². The molecule has 2 rings (SSSR count). The van der Waals surface area contributed by atoms with Gasteiger partial charge in [0.05, 0.1) is 5.69 Å². The third-order valence-electron chi connectivity index (χ3n) is 2.38. The Kier molecular flexibility index (Phi) is 3.80. The molecule has 1 aromatic carbocycles. The molecule has 0 aliphatic rings. The van der Waals surface area contributed by atoms with Crippen molar-refractivity contribution in [2.45, 2.75) is 6.42 Å². The zero-order valence-electron chi connectivity index (χ0n) is 9.78. The van der Waals surface area contributed by atoms with Crippen LogP contribution in [0.2, 0.25) is 0 Å². The van der Waals surface area contributed by atoms with Crippen LogP contribution in [0.3, 0.4) is 0 Å². The predicted octanol–water partition coefficient (Wildman–Crippen LogP) is 0.968. The first kappa shape index (κ1) is 12.0. The van der Waals surface area contributed by atoms with E-state index in [2.05, 4.69) is 27.4 Å². The van der Waals surface area contributed by atoms with Gasteiger partial charge in [-0.1, -0.05) is 6.08 Å². The van der Waals surface area contributed by atoms with Gasteiger partial charge in [-0.15, -0.1) is 11.7 Å². The molecule has 1 heterocycles. The van der Waals surface area contributed by atoms with E-state index in [0.29, 0.717) is 12.1 Å². The number of carbonyl (C=O) groups is 1. The molecule has 92 valence electrons. The highest BCUT2D eigenvalue weighted by Crippen LogP contribution is 2.07. The van der Waals surface area contributed by atoms with Crippen molar-refractivity contribution in [3.05, 3.63) is 48.8 Å². The number of rotatable bonds is 5. The van der Waals surface area contributed by atoms with Crippen LogP contribution in [0.4, 0.5) is 0 Å². The maximum atomic E-state index is 11.7. The molecule has 1 amide bonds. The fraction of sp³-hybridized carbons (Fsp3) is 0.167. The molecule has 0 aliphatic carbocycles. The van der Waals surface area contributed by atoms with E-state index in [1.54, 1.807) is 30.3 Å². The smallest absolute Gasteiger partial charge is 0.251 e. The molecule has 6 nitrogen and oxygen atoms in total. The van der Waals surface area contributed by atoms with Gasteiger partial charge in [0.15, 0.2) is 0 Å². The van der Waals surface area contributed by atoms with E-state index in [9.17, 15) is 4.79 Å². The summed E-state index contributed by atoms with van der Waals surface area (Å²) in [5.74, 6) is -0.0971. The van der Waals surface area contributed by atoms with Crippen molar-refractivity contribution in [3.8, 4) is 5.69 Å². The summed E-state index contributed by atoms with van der Waals surface area (Å²) in [6.45, 7) is 4.19. The van der Waals surface area contributed by atoms with Crippen LogP contribution in [-0.4, -0.2) is 32.7 Å². The number of carbonyl (C=O) groups excluding carboxylic acids is 1. The number of nitrogens with one attached hydrogen (secondary N) is 1. The van der Waals surface area contributed by atoms with Gasteiger partial charge in [0, 0.05) is 12.1 Å². The number of hydrogen-bond donors (Lipinski definition) is 1. The predicted molar refractivity (Wildman–Crippen MR) is 66.3 cm³/mol. The Labute approximate surface area is 104 Å². The monoisotopic (exact) mass is 243 g/mol. The molecule has 18 heavy (non-hydrogen) atoms. The van der Waals surface area contributed by atoms with E-state index in [1.807, 2.05) is 0 Å². The van der Waals surface area contributed by atoms with E-state index < -0.39 is 0 Å². The Hall–Kier alpha value is -2.50. The minimum Gasteiger partial charge on any atom is -0.352 e.